The minimum Gasteiger partial charge on any atom is -0.329 e. The van der Waals surface area contributed by atoms with E-state index in [1.54, 1.807) is 0 Å². The normalized spacial score (nSPS) is 14.1. The molecule has 0 fully saturated rings. The molecule has 0 saturated heterocycles. The molecule has 0 aromatic rings. The molecule has 0 aliphatic carbocycles. The summed E-state index contributed by atoms with van der Waals surface area (Å²) in [5.74, 6) is 0. The largest absolute Gasteiger partial charge is 0.329 e. The van der Waals surface area contributed by atoms with Crippen molar-refractivity contribution >= 4 is 10.0 Å². The van der Waals surface area contributed by atoms with Crippen LogP contribution in [0, 0.1) is 0 Å². The second-order valence-corrected chi connectivity index (χ2v) is 5.81. The topological polar surface area (TPSA) is 72.2 Å². The van der Waals surface area contributed by atoms with Crippen molar-refractivity contribution in [3.8, 4) is 0 Å². The molecule has 0 heterocycles. The Hall–Kier alpha value is -0.130. The molecule has 15 heavy (non-hydrogen) atoms. The second-order valence-electron chi connectivity index (χ2n) is 3.77. The highest BCUT2D eigenvalue weighted by Gasteiger charge is 2.20. The Bertz CT molecular complexity index is 236. The van der Waals surface area contributed by atoms with Gasteiger partial charge in [-0.25, -0.2) is 13.1 Å². The van der Waals surface area contributed by atoms with Crippen molar-refractivity contribution in [1.82, 2.24) is 4.72 Å². The van der Waals surface area contributed by atoms with Crippen LogP contribution in [-0.4, -0.2) is 26.8 Å². The highest BCUT2D eigenvalue weighted by molar-refractivity contribution is 7.90. The smallest absolute Gasteiger partial charge is 0.215 e. The number of sulfonamides is 1. The summed E-state index contributed by atoms with van der Waals surface area (Å²) in [6.07, 6.45) is 4.89. The summed E-state index contributed by atoms with van der Waals surface area (Å²) in [5.41, 5.74) is 5.40. The lowest BCUT2D eigenvalue weighted by Gasteiger charge is -2.14. The van der Waals surface area contributed by atoms with Crippen LogP contribution in [0.4, 0.5) is 0 Å². The van der Waals surface area contributed by atoms with Crippen LogP contribution in [0.3, 0.4) is 0 Å². The van der Waals surface area contributed by atoms with E-state index in [0.29, 0.717) is 13.0 Å². The highest BCUT2D eigenvalue weighted by Crippen LogP contribution is 2.03. The molecule has 1 atom stereocenters. The summed E-state index contributed by atoms with van der Waals surface area (Å²) in [4.78, 5) is 0. The van der Waals surface area contributed by atoms with Crippen LogP contribution in [0.2, 0.25) is 0 Å². The summed E-state index contributed by atoms with van der Waals surface area (Å²) >= 11 is 0. The zero-order chi connectivity index (χ0) is 11.7. The van der Waals surface area contributed by atoms with E-state index in [0.717, 1.165) is 25.7 Å². The molecule has 0 bridgehead atoms. The molecule has 0 radical (unpaired) electrons. The molecule has 0 rings (SSSR count). The number of hydrogen-bond acceptors (Lipinski definition) is 3. The molecule has 0 amide bonds. The third kappa shape index (κ3) is 6.12. The van der Waals surface area contributed by atoms with Crippen LogP contribution >= 0.6 is 0 Å². The SMILES string of the molecule is CCCCCCNS(=O)(=O)C(CC)CN. The van der Waals surface area contributed by atoms with Crippen molar-refractivity contribution in [1.29, 1.82) is 0 Å². The fourth-order valence-electron chi connectivity index (χ4n) is 1.40. The Morgan fingerprint density at radius 1 is 1.20 bits per heavy atom. The molecule has 92 valence electrons. The quantitative estimate of drug-likeness (QED) is 0.591. The van der Waals surface area contributed by atoms with E-state index in [4.69, 9.17) is 5.73 Å². The van der Waals surface area contributed by atoms with Gasteiger partial charge in [0.15, 0.2) is 0 Å². The number of hydrogen-bond donors (Lipinski definition) is 2. The Morgan fingerprint density at radius 3 is 2.33 bits per heavy atom. The van der Waals surface area contributed by atoms with E-state index in [9.17, 15) is 8.42 Å². The number of rotatable bonds is 9. The monoisotopic (exact) mass is 236 g/mol. The summed E-state index contributed by atoms with van der Waals surface area (Å²) in [5, 5.41) is -0.441. The molecule has 5 heteroatoms. The third-order valence-electron chi connectivity index (χ3n) is 2.49. The molecular weight excluding hydrogens is 212 g/mol. The van der Waals surface area contributed by atoms with Gasteiger partial charge in [0, 0.05) is 13.1 Å². The van der Waals surface area contributed by atoms with Crippen molar-refractivity contribution in [3.05, 3.63) is 0 Å². The predicted molar refractivity (Wildman–Crippen MR) is 64.2 cm³/mol. The van der Waals surface area contributed by atoms with Gasteiger partial charge in [0.2, 0.25) is 10.0 Å². The molecule has 4 nitrogen and oxygen atoms in total. The van der Waals surface area contributed by atoms with Gasteiger partial charge in [0.25, 0.3) is 0 Å². The highest BCUT2D eigenvalue weighted by atomic mass is 32.2. The van der Waals surface area contributed by atoms with Crippen LogP contribution in [0.5, 0.6) is 0 Å². The van der Waals surface area contributed by atoms with Crippen LogP contribution in [0.25, 0.3) is 0 Å². The minimum absolute atomic E-state index is 0.195. The molecular formula is C10H24N2O2S. The van der Waals surface area contributed by atoms with Crippen molar-refractivity contribution in [2.75, 3.05) is 13.1 Å². The fourth-order valence-corrected chi connectivity index (χ4v) is 2.75. The van der Waals surface area contributed by atoms with Gasteiger partial charge in [-0.05, 0) is 12.8 Å². The first kappa shape index (κ1) is 14.9. The molecule has 0 aromatic heterocycles. The Balaban J connectivity index is 3.83. The molecule has 0 aliphatic rings. The van der Waals surface area contributed by atoms with E-state index < -0.39 is 15.3 Å². The van der Waals surface area contributed by atoms with E-state index in [2.05, 4.69) is 11.6 Å². The lowest BCUT2D eigenvalue weighted by atomic mass is 10.2. The summed E-state index contributed by atoms with van der Waals surface area (Å²) < 4.78 is 25.9. The van der Waals surface area contributed by atoms with Crippen LogP contribution in [0.15, 0.2) is 0 Å². The average molecular weight is 236 g/mol. The lowest BCUT2D eigenvalue weighted by molar-refractivity contribution is 0.555. The third-order valence-corrected chi connectivity index (χ3v) is 4.50. The predicted octanol–water partition coefficient (Wildman–Crippen LogP) is 1.22. The lowest BCUT2D eigenvalue weighted by Crippen LogP contribution is -2.39. The zero-order valence-corrected chi connectivity index (χ0v) is 10.6. The summed E-state index contributed by atoms with van der Waals surface area (Å²) in [6, 6.07) is 0. The Kier molecular flexibility index (Phi) is 8.00. The Labute approximate surface area is 93.7 Å². The minimum atomic E-state index is -3.18. The van der Waals surface area contributed by atoms with Gasteiger partial charge in [0.1, 0.15) is 0 Å². The van der Waals surface area contributed by atoms with Crippen LogP contribution in [-0.2, 0) is 10.0 Å². The van der Waals surface area contributed by atoms with Crippen LogP contribution < -0.4 is 10.5 Å². The van der Waals surface area contributed by atoms with Gasteiger partial charge in [-0.2, -0.15) is 0 Å². The van der Waals surface area contributed by atoms with E-state index >= 15 is 0 Å². The molecule has 1 unspecified atom stereocenters. The van der Waals surface area contributed by atoms with Crippen molar-refractivity contribution in [2.45, 2.75) is 51.2 Å². The molecule has 0 saturated carbocycles. The van der Waals surface area contributed by atoms with Gasteiger partial charge in [-0.3, -0.25) is 0 Å². The summed E-state index contributed by atoms with van der Waals surface area (Å²) in [7, 11) is -3.18. The maximum atomic E-state index is 11.6. The number of nitrogens with two attached hydrogens (primary N) is 1. The fraction of sp³-hybridized carbons (Fsp3) is 1.00. The van der Waals surface area contributed by atoms with Gasteiger partial charge < -0.3 is 5.73 Å². The first-order valence-electron chi connectivity index (χ1n) is 5.77. The first-order valence-corrected chi connectivity index (χ1v) is 7.31. The van der Waals surface area contributed by atoms with E-state index in [1.807, 2.05) is 6.92 Å². The van der Waals surface area contributed by atoms with Gasteiger partial charge in [-0.1, -0.05) is 33.1 Å². The van der Waals surface area contributed by atoms with Crippen LogP contribution in [0.1, 0.15) is 46.0 Å². The van der Waals surface area contributed by atoms with Crippen molar-refractivity contribution < 1.29 is 8.42 Å². The molecule has 3 N–H and O–H groups in total. The summed E-state index contributed by atoms with van der Waals surface area (Å²) in [6.45, 7) is 4.71. The van der Waals surface area contributed by atoms with Gasteiger partial charge >= 0.3 is 0 Å². The van der Waals surface area contributed by atoms with Crippen molar-refractivity contribution in [2.24, 2.45) is 5.73 Å². The first-order chi connectivity index (χ1) is 7.08. The van der Waals surface area contributed by atoms with E-state index in [1.165, 1.54) is 0 Å². The van der Waals surface area contributed by atoms with E-state index in [-0.39, 0.29) is 6.54 Å². The number of unbranched alkanes of at least 4 members (excludes halogenated alkanes) is 3. The zero-order valence-electron chi connectivity index (χ0n) is 9.83. The standard InChI is InChI=1S/C10H24N2O2S/c1-3-5-6-7-8-12-15(13,14)10(4-2)9-11/h10,12H,3-9,11H2,1-2H3. The van der Waals surface area contributed by atoms with Gasteiger partial charge in [-0.15, -0.1) is 0 Å². The number of nitrogens with one attached hydrogen (secondary N) is 1. The molecule has 0 aliphatic heterocycles. The molecule has 0 aromatic carbocycles. The Morgan fingerprint density at radius 2 is 1.87 bits per heavy atom. The maximum Gasteiger partial charge on any atom is 0.215 e. The average Bonchev–Trinajstić information content (AvgIpc) is 2.18. The maximum absolute atomic E-state index is 11.6. The van der Waals surface area contributed by atoms with Gasteiger partial charge in [0.05, 0.1) is 5.25 Å². The second kappa shape index (κ2) is 8.07. The van der Waals surface area contributed by atoms with Crippen molar-refractivity contribution in [3.63, 3.8) is 0 Å². The molecule has 0 spiro atoms.